The molecule has 3 aromatic rings. The van der Waals surface area contributed by atoms with Crippen molar-refractivity contribution < 1.29 is 23.4 Å². The summed E-state index contributed by atoms with van der Waals surface area (Å²) in [4.78, 5) is 17.3. The lowest BCUT2D eigenvalue weighted by Crippen LogP contribution is -2.39. The van der Waals surface area contributed by atoms with Gasteiger partial charge in [-0.1, -0.05) is 24.3 Å². The largest absolute Gasteiger partial charge is 0.454 e. The van der Waals surface area contributed by atoms with Crippen LogP contribution in [0.15, 0.2) is 47.1 Å². The zero-order valence-corrected chi connectivity index (χ0v) is 17.3. The van der Waals surface area contributed by atoms with Crippen LogP contribution >= 0.6 is 0 Å². The van der Waals surface area contributed by atoms with Crippen LogP contribution in [0.25, 0.3) is 11.3 Å². The molecule has 1 amide bonds. The number of benzene rings is 2. The second-order valence-electron chi connectivity index (χ2n) is 7.86. The quantitative estimate of drug-likeness (QED) is 0.675. The van der Waals surface area contributed by atoms with Crippen LogP contribution in [0.4, 0.5) is 0 Å². The molecule has 1 aromatic heterocycles. The van der Waals surface area contributed by atoms with E-state index in [1.165, 1.54) is 0 Å². The van der Waals surface area contributed by atoms with Crippen LogP contribution in [0, 0.1) is 6.92 Å². The van der Waals surface area contributed by atoms with Crippen LogP contribution in [0.1, 0.15) is 40.2 Å². The minimum absolute atomic E-state index is 0.121. The van der Waals surface area contributed by atoms with Crippen molar-refractivity contribution >= 4 is 5.91 Å². The summed E-state index contributed by atoms with van der Waals surface area (Å²) in [5.74, 6) is 1.65. The molecule has 31 heavy (non-hydrogen) atoms. The second-order valence-corrected chi connectivity index (χ2v) is 7.86. The molecule has 7 nitrogen and oxygen atoms in total. The van der Waals surface area contributed by atoms with Crippen LogP contribution in [0.2, 0.25) is 0 Å². The summed E-state index contributed by atoms with van der Waals surface area (Å²) in [6.45, 7) is 3.30. The van der Waals surface area contributed by atoms with E-state index in [0.717, 1.165) is 35.2 Å². The number of ether oxygens (including phenoxy) is 3. The van der Waals surface area contributed by atoms with Crippen LogP contribution in [0.5, 0.6) is 11.5 Å². The van der Waals surface area contributed by atoms with Gasteiger partial charge in [0.05, 0.1) is 5.56 Å². The van der Waals surface area contributed by atoms with Crippen LogP contribution < -0.4 is 14.8 Å². The summed E-state index contributed by atoms with van der Waals surface area (Å²) < 4.78 is 21.9. The molecular weight excluding hydrogens is 396 g/mol. The molecular formula is C24H24N2O5. The predicted octanol–water partition coefficient (Wildman–Crippen LogP) is 3.88. The van der Waals surface area contributed by atoms with E-state index in [4.69, 9.17) is 18.6 Å². The fourth-order valence-electron chi connectivity index (χ4n) is 3.97. The fraction of sp³-hybridized carbons (Fsp3) is 0.333. The summed E-state index contributed by atoms with van der Waals surface area (Å²) in [6.07, 6.45) is 3.97. The summed E-state index contributed by atoms with van der Waals surface area (Å²) in [6, 6.07) is 12.1. The molecule has 0 unspecified atom stereocenters. The number of hydrogen-bond acceptors (Lipinski definition) is 6. The maximum Gasteiger partial charge on any atom is 0.255 e. The van der Waals surface area contributed by atoms with Crippen molar-refractivity contribution in [2.75, 3.05) is 20.0 Å². The maximum absolute atomic E-state index is 13.0. The molecule has 0 radical (unpaired) electrons. The molecule has 1 fully saturated rings. The molecule has 0 bridgehead atoms. The van der Waals surface area contributed by atoms with Gasteiger partial charge in [-0.25, -0.2) is 4.98 Å². The number of rotatable bonds is 5. The average Bonchev–Trinajstić information content (AvgIpc) is 3.43. The van der Waals surface area contributed by atoms with Crippen LogP contribution in [-0.2, 0) is 11.2 Å². The summed E-state index contributed by atoms with van der Waals surface area (Å²) in [7, 11) is 0. The lowest BCUT2D eigenvalue weighted by Gasteiger charge is -2.23. The van der Waals surface area contributed by atoms with Crippen molar-refractivity contribution in [3.8, 4) is 22.8 Å². The van der Waals surface area contributed by atoms with Gasteiger partial charge >= 0.3 is 0 Å². The Bertz CT molecular complexity index is 1080. The molecule has 0 saturated carbocycles. The smallest absolute Gasteiger partial charge is 0.255 e. The third-order valence-corrected chi connectivity index (χ3v) is 5.61. The maximum atomic E-state index is 13.0. The molecule has 7 heteroatoms. The number of fused-ring (bicyclic) bond motifs is 1. The van der Waals surface area contributed by atoms with Crippen LogP contribution in [0.3, 0.4) is 0 Å². The Labute approximate surface area is 180 Å². The Balaban J connectivity index is 1.36. The highest BCUT2D eigenvalue weighted by molar-refractivity contribution is 5.98. The van der Waals surface area contributed by atoms with E-state index >= 15 is 0 Å². The third-order valence-electron chi connectivity index (χ3n) is 5.61. The minimum atomic E-state index is -0.132. The molecule has 1 N–H and O–H groups in total. The van der Waals surface area contributed by atoms with E-state index in [1.807, 2.05) is 31.2 Å². The molecule has 2 aromatic carbocycles. The van der Waals surface area contributed by atoms with Crippen molar-refractivity contribution in [2.24, 2.45) is 0 Å². The van der Waals surface area contributed by atoms with E-state index < -0.39 is 0 Å². The molecule has 1 saturated heterocycles. The molecule has 160 valence electrons. The number of oxazole rings is 1. The second kappa shape index (κ2) is 8.43. The number of aryl methyl sites for hydroxylation is 1. The van der Waals surface area contributed by atoms with Gasteiger partial charge in [0, 0.05) is 31.7 Å². The highest BCUT2D eigenvalue weighted by Crippen LogP contribution is 2.37. The number of carbonyl (C=O) groups is 1. The van der Waals surface area contributed by atoms with Gasteiger partial charge in [-0.15, -0.1) is 0 Å². The molecule has 2 aliphatic heterocycles. The van der Waals surface area contributed by atoms with Gasteiger partial charge in [-0.05, 0) is 42.5 Å². The molecule has 0 atom stereocenters. The first-order valence-corrected chi connectivity index (χ1v) is 10.5. The first kappa shape index (κ1) is 19.6. The Morgan fingerprint density at radius 1 is 1.10 bits per heavy atom. The van der Waals surface area contributed by atoms with Gasteiger partial charge in [0.25, 0.3) is 5.91 Å². The van der Waals surface area contributed by atoms with Crippen molar-refractivity contribution in [3.63, 3.8) is 0 Å². The monoisotopic (exact) mass is 420 g/mol. The predicted molar refractivity (Wildman–Crippen MR) is 113 cm³/mol. The average molecular weight is 420 g/mol. The van der Waals surface area contributed by atoms with Gasteiger partial charge < -0.3 is 23.9 Å². The van der Waals surface area contributed by atoms with E-state index in [1.54, 1.807) is 6.26 Å². The van der Waals surface area contributed by atoms with E-state index in [0.29, 0.717) is 42.6 Å². The van der Waals surface area contributed by atoms with Gasteiger partial charge in [0.1, 0.15) is 12.0 Å². The zero-order valence-electron chi connectivity index (χ0n) is 17.3. The fourth-order valence-corrected chi connectivity index (χ4v) is 3.97. The summed E-state index contributed by atoms with van der Waals surface area (Å²) in [5, 5.41) is 3.11. The molecule has 3 heterocycles. The van der Waals surface area contributed by atoms with E-state index in [-0.39, 0.29) is 18.7 Å². The molecule has 2 aliphatic rings. The first-order chi connectivity index (χ1) is 15.2. The summed E-state index contributed by atoms with van der Waals surface area (Å²) in [5.41, 5.74) is 4.46. The Morgan fingerprint density at radius 3 is 2.65 bits per heavy atom. The number of nitrogens with one attached hydrogen (secondary N) is 1. The zero-order chi connectivity index (χ0) is 21.2. The lowest BCUT2D eigenvalue weighted by molar-refractivity contribution is 0.0695. The van der Waals surface area contributed by atoms with E-state index in [2.05, 4.69) is 22.4 Å². The number of amides is 1. The molecule has 0 aliphatic carbocycles. The summed E-state index contributed by atoms with van der Waals surface area (Å²) >= 11 is 0. The number of aromatic nitrogens is 1. The van der Waals surface area contributed by atoms with Gasteiger partial charge in [0.15, 0.2) is 17.4 Å². The van der Waals surface area contributed by atoms with Gasteiger partial charge in [-0.2, -0.15) is 0 Å². The third kappa shape index (κ3) is 4.27. The lowest BCUT2D eigenvalue weighted by atomic mass is 9.99. The van der Waals surface area contributed by atoms with Crippen molar-refractivity contribution in [2.45, 2.75) is 32.2 Å². The SMILES string of the molecule is Cc1nc(-c2ccc(Cc3cc4c(c(C(=O)NC5CCOCC5)c3)OCO4)cc2)co1. The van der Waals surface area contributed by atoms with Crippen molar-refractivity contribution in [1.29, 1.82) is 0 Å². The highest BCUT2D eigenvalue weighted by atomic mass is 16.7. The standard InChI is InChI=1S/C24H24N2O5/c1-15-25-21(13-29-15)18-4-2-16(3-5-18)10-17-11-20(23-22(12-17)30-14-31-23)24(27)26-19-6-8-28-9-7-19/h2-5,11-13,19H,6-10,14H2,1H3,(H,26,27). The Hall–Kier alpha value is -3.32. The Kier molecular flexibility index (Phi) is 5.34. The molecule has 5 rings (SSSR count). The van der Waals surface area contributed by atoms with Crippen molar-refractivity contribution in [1.82, 2.24) is 10.3 Å². The van der Waals surface area contributed by atoms with Gasteiger partial charge in [0.2, 0.25) is 6.79 Å². The normalized spacial score (nSPS) is 15.8. The van der Waals surface area contributed by atoms with E-state index in [9.17, 15) is 4.79 Å². The number of hydrogen-bond donors (Lipinski definition) is 1. The number of nitrogens with zero attached hydrogens (tertiary/aromatic N) is 1. The van der Waals surface area contributed by atoms with Crippen molar-refractivity contribution in [3.05, 3.63) is 65.2 Å². The highest BCUT2D eigenvalue weighted by Gasteiger charge is 2.26. The minimum Gasteiger partial charge on any atom is -0.454 e. The van der Waals surface area contributed by atoms with Gasteiger partial charge in [-0.3, -0.25) is 4.79 Å². The topological polar surface area (TPSA) is 82.8 Å². The van der Waals surface area contributed by atoms with Crippen LogP contribution in [-0.4, -0.2) is 36.9 Å². The number of carbonyl (C=O) groups excluding carboxylic acids is 1. The molecule has 0 spiro atoms. The Morgan fingerprint density at radius 2 is 1.90 bits per heavy atom. The first-order valence-electron chi connectivity index (χ1n) is 10.5.